The summed E-state index contributed by atoms with van der Waals surface area (Å²) in [7, 11) is 0. The Balaban J connectivity index is 3.15. The predicted octanol–water partition coefficient (Wildman–Crippen LogP) is 1.69. The number of hydrogen-bond acceptors (Lipinski definition) is 3. The Kier molecular flexibility index (Phi) is 2.40. The van der Waals surface area contributed by atoms with Gasteiger partial charge < -0.3 is 4.55 Å². The predicted molar refractivity (Wildman–Crippen MR) is 40.9 cm³/mol. The molecule has 1 atom stereocenters. The van der Waals surface area contributed by atoms with Crippen molar-refractivity contribution in [3.05, 3.63) is 10.2 Å². The van der Waals surface area contributed by atoms with Crippen molar-refractivity contribution in [2.24, 2.45) is 0 Å². The normalized spacial score (nSPS) is 13.5. The van der Waals surface area contributed by atoms with Crippen LogP contribution in [0.15, 0.2) is 4.21 Å². The molecule has 0 radical (unpaired) electrons. The molecule has 0 aromatic carbocycles. The number of thiazole rings is 1. The molecule has 1 rings (SSSR count). The molecule has 0 bridgehead atoms. The summed E-state index contributed by atoms with van der Waals surface area (Å²) >= 11 is 4.55. The molecule has 0 aliphatic rings. The average molecular weight is 198 g/mol. The van der Waals surface area contributed by atoms with E-state index < -0.39 is 11.1 Å². The van der Waals surface area contributed by atoms with Gasteiger partial charge in [-0.1, -0.05) is 22.9 Å². The first kappa shape index (κ1) is 8.13. The lowest BCUT2D eigenvalue weighted by Crippen LogP contribution is -1.85. The zero-order valence-electron chi connectivity index (χ0n) is 5.00. The van der Waals surface area contributed by atoms with Crippen LogP contribution in [-0.4, -0.2) is 13.7 Å². The van der Waals surface area contributed by atoms with Crippen LogP contribution in [0.3, 0.4) is 0 Å². The van der Waals surface area contributed by atoms with Crippen LogP contribution in [-0.2, 0) is 11.1 Å². The maximum absolute atomic E-state index is 10.5. The third-order valence-corrected chi connectivity index (χ3v) is 3.23. The molecule has 0 saturated heterocycles. The lowest BCUT2D eigenvalue weighted by molar-refractivity contribution is 0.566. The molecule has 1 heterocycles. The van der Waals surface area contributed by atoms with Gasteiger partial charge in [-0.2, -0.15) is 0 Å². The van der Waals surface area contributed by atoms with Gasteiger partial charge in [-0.3, -0.25) is 0 Å². The van der Waals surface area contributed by atoms with Crippen LogP contribution in [0, 0.1) is 6.92 Å². The molecule has 3 nitrogen and oxygen atoms in total. The second-order valence-corrected chi connectivity index (χ2v) is 4.34. The van der Waals surface area contributed by atoms with Crippen molar-refractivity contribution in [1.29, 1.82) is 0 Å². The molecule has 1 unspecified atom stereocenters. The van der Waals surface area contributed by atoms with E-state index in [1.165, 1.54) is 0 Å². The molecule has 0 aliphatic heterocycles. The first-order valence-corrected chi connectivity index (χ1v) is 4.65. The van der Waals surface area contributed by atoms with Crippen molar-refractivity contribution >= 4 is 34.0 Å². The Hall–Kier alpha value is 0.0300. The van der Waals surface area contributed by atoms with Gasteiger partial charge in [0.05, 0.1) is 5.69 Å². The lowest BCUT2D eigenvalue weighted by atomic mass is 10.6. The molecular formula is C4H4ClNO2S2. The molecule has 1 aromatic rings. The summed E-state index contributed by atoms with van der Waals surface area (Å²) in [4.78, 5) is 3.76. The quantitative estimate of drug-likeness (QED) is 0.697. The van der Waals surface area contributed by atoms with Gasteiger partial charge in [-0.25, -0.2) is 9.19 Å². The Morgan fingerprint density at radius 2 is 2.40 bits per heavy atom. The summed E-state index contributed by atoms with van der Waals surface area (Å²) in [5, 5.41) is 0. The maximum Gasteiger partial charge on any atom is 0.198 e. The van der Waals surface area contributed by atoms with Gasteiger partial charge in [-0.05, 0) is 6.92 Å². The van der Waals surface area contributed by atoms with Gasteiger partial charge in [0.2, 0.25) is 0 Å². The van der Waals surface area contributed by atoms with E-state index in [0.717, 1.165) is 11.3 Å². The van der Waals surface area contributed by atoms with E-state index in [9.17, 15) is 4.21 Å². The molecule has 0 fully saturated rings. The maximum atomic E-state index is 10.5. The average Bonchev–Trinajstić information content (AvgIpc) is 2.10. The fourth-order valence-electron chi connectivity index (χ4n) is 0.513. The number of aromatic nitrogens is 1. The van der Waals surface area contributed by atoms with E-state index in [4.69, 9.17) is 16.2 Å². The molecule has 1 N–H and O–H groups in total. The summed E-state index contributed by atoms with van der Waals surface area (Å²) in [6.45, 7) is 1.64. The highest BCUT2D eigenvalue weighted by Crippen LogP contribution is 2.24. The van der Waals surface area contributed by atoms with Gasteiger partial charge in [0.1, 0.15) is 4.21 Å². The van der Waals surface area contributed by atoms with Gasteiger partial charge in [0.15, 0.2) is 15.5 Å². The minimum atomic E-state index is -1.95. The smallest absolute Gasteiger partial charge is 0.198 e. The first-order chi connectivity index (χ1) is 4.61. The third kappa shape index (κ3) is 1.54. The highest BCUT2D eigenvalue weighted by Gasteiger charge is 2.09. The Labute approximate surface area is 69.3 Å². The van der Waals surface area contributed by atoms with Gasteiger partial charge in [-0.15, -0.1) is 0 Å². The summed E-state index contributed by atoms with van der Waals surface area (Å²) in [5.74, 6) is 0. The Bertz CT molecular complexity index is 272. The third-order valence-electron chi connectivity index (χ3n) is 0.887. The van der Waals surface area contributed by atoms with Crippen molar-refractivity contribution in [3.8, 4) is 0 Å². The van der Waals surface area contributed by atoms with Crippen LogP contribution in [0.4, 0.5) is 0 Å². The number of rotatable bonds is 1. The van der Waals surface area contributed by atoms with E-state index in [0.29, 0.717) is 14.4 Å². The topological polar surface area (TPSA) is 50.2 Å². The Morgan fingerprint density at radius 3 is 2.60 bits per heavy atom. The highest BCUT2D eigenvalue weighted by molar-refractivity contribution is 7.82. The van der Waals surface area contributed by atoms with Crippen molar-refractivity contribution in [2.75, 3.05) is 0 Å². The molecule has 10 heavy (non-hydrogen) atoms. The van der Waals surface area contributed by atoms with Gasteiger partial charge >= 0.3 is 0 Å². The van der Waals surface area contributed by atoms with Crippen LogP contribution in [0.1, 0.15) is 5.69 Å². The lowest BCUT2D eigenvalue weighted by Gasteiger charge is -1.85. The molecule has 1 aromatic heterocycles. The number of nitrogens with zero attached hydrogens (tertiary/aromatic N) is 1. The molecule has 0 spiro atoms. The summed E-state index contributed by atoms with van der Waals surface area (Å²) in [5.41, 5.74) is 0.524. The monoisotopic (exact) mass is 197 g/mol. The summed E-state index contributed by atoms with van der Waals surface area (Å²) in [6, 6.07) is 0. The SMILES string of the molecule is Cc1nc(Cl)sc1S(=O)O. The fraction of sp³-hybridized carbons (Fsp3) is 0.250. The van der Waals surface area contributed by atoms with Crippen molar-refractivity contribution < 1.29 is 8.76 Å². The van der Waals surface area contributed by atoms with Crippen LogP contribution in [0.25, 0.3) is 0 Å². The van der Waals surface area contributed by atoms with Crippen molar-refractivity contribution in [2.45, 2.75) is 11.1 Å². The van der Waals surface area contributed by atoms with Crippen molar-refractivity contribution in [3.63, 3.8) is 0 Å². The standard InChI is InChI=1S/C4H4ClNO2S2/c1-2-3(10(7)8)9-4(5)6-2/h1H3,(H,7,8). The van der Waals surface area contributed by atoms with Crippen molar-refractivity contribution in [1.82, 2.24) is 4.98 Å². The highest BCUT2D eigenvalue weighted by atomic mass is 35.5. The van der Waals surface area contributed by atoms with E-state index in [-0.39, 0.29) is 0 Å². The largest absolute Gasteiger partial charge is 0.302 e. The second kappa shape index (κ2) is 2.96. The number of halogens is 1. The second-order valence-electron chi connectivity index (χ2n) is 1.59. The molecule has 6 heteroatoms. The first-order valence-electron chi connectivity index (χ1n) is 2.35. The summed E-state index contributed by atoms with van der Waals surface area (Å²) in [6.07, 6.45) is 0. The molecule has 0 saturated carbocycles. The van der Waals surface area contributed by atoms with Crippen LogP contribution >= 0.6 is 22.9 Å². The van der Waals surface area contributed by atoms with E-state index >= 15 is 0 Å². The minimum absolute atomic E-state index is 0.301. The van der Waals surface area contributed by atoms with Gasteiger partial charge in [0.25, 0.3) is 0 Å². The van der Waals surface area contributed by atoms with Gasteiger partial charge in [0, 0.05) is 0 Å². The fourth-order valence-corrected chi connectivity index (χ4v) is 2.36. The Morgan fingerprint density at radius 1 is 1.80 bits per heavy atom. The number of hydrogen-bond donors (Lipinski definition) is 1. The molecular weight excluding hydrogens is 194 g/mol. The van der Waals surface area contributed by atoms with Crippen LogP contribution in [0.5, 0.6) is 0 Å². The van der Waals surface area contributed by atoms with Crippen LogP contribution in [0.2, 0.25) is 4.47 Å². The zero-order valence-corrected chi connectivity index (χ0v) is 7.39. The van der Waals surface area contributed by atoms with Crippen LogP contribution < -0.4 is 0 Å². The molecule has 0 amide bonds. The zero-order chi connectivity index (χ0) is 7.72. The minimum Gasteiger partial charge on any atom is -0.302 e. The number of aryl methyl sites for hydroxylation is 1. The molecule has 0 aliphatic carbocycles. The molecule has 56 valence electrons. The summed E-state index contributed by atoms with van der Waals surface area (Å²) < 4.78 is 19.7. The van der Waals surface area contributed by atoms with E-state index in [2.05, 4.69) is 4.98 Å². The van der Waals surface area contributed by atoms with E-state index in [1.54, 1.807) is 6.92 Å². The van der Waals surface area contributed by atoms with E-state index in [1.807, 2.05) is 0 Å².